The first-order chi connectivity index (χ1) is 16.8. The number of benzene rings is 2. The monoisotopic (exact) mass is 476 g/mol. The summed E-state index contributed by atoms with van der Waals surface area (Å²) in [4.78, 5) is 38.8. The summed E-state index contributed by atoms with van der Waals surface area (Å²) in [7, 11) is 0. The molecule has 0 unspecified atom stereocenters. The Balaban J connectivity index is 1.63. The normalized spacial score (nSPS) is 10.9. The lowest BCUT2D eigenvalue weighted by atomic mass is 10.1. The van der Waals surface area contributed by atoms with E-state index < -0.39 is 5.76 Å². The van der Waals surface area contributed by atoms with Crippen LogP contribution in [-0.4, -0.2) is 34.3 Å². The Kier molecular flexibility index (Phi) is 6.72. The minimum absolute atomic E-state index is 0.168. The van der Waals surface area contributed by atoms with Crippen LogP contribution in [0, 0.1) is 20.8 Å². The van der Waals surface area contributed by atoms with Gasteiger partial charge < -0.3 is 24.8 Å². The van der Waals surface area contributed by atoms with Gasteiger partial charge >= 0.3 is 12.2 Å². The standard InChI is InChI=1S/C25H28N6O4/c1-6-30(7-2)20-12-19(10-15(3)17(20)5)28-24-26-13-16(4)23(29-24)27-18-8-9-22-21(11-18)31(34-14-32)25(33)35-22/h8-14H,6-7H2,1-5H3,(H2,26,27,28,29). The molecule has 0 amide bonds. The van der Waals surface area contributed by atoms with Crippen molar-refractivity contribution in [1.82, 2.24) is 14.7 Å². The fourth-order valence-electron chi connectivity index (χ4n) is 3.92. The van der Waals surface area contributed by atoms with E-state index in [9.17, 15) is 9.59 Å². The summed E-state index contributed by atoms with van der Waals surface area (Å²) in [6, 6.07) is 9.19. The second-order valence-corrected chi connectivity index (χ2v) is 8.13. The summed E-state index contributed by atoms with van der Waals surface area (Å²) in [6.07, 6.45) is 1.73. The van der Waals surface area contributed by atoms with Gasteiger partial charge in [-0.1, -0.05) is 4.73 Å². The van der Waals surface area contributed by atoms with Crippen LogP contribution in [0.5, 0.6) is 0 Å². The Morgan fingerprint density at radius 1 is 1.06 bits per heavy atom. The third kappa shape index (κ3) is 4.81. The SMILES string of the molecule is CCN(CC)c1cc(Nc2ncc(C)c(Nc3ccc4oc(=O)n(OC=O)c4c3)n2)cc(C)c1C. The maximum atomic E-state index is 11.9. The lowest BCUT2D eigenvalue weighted by Gasteiger charge is -2.25. The molecule has 0 fully saturated rings. The van der Waals surface area contributed by atoms with E-state index in [4.69, 9.17) is 9.25 Å². The van der Waals surface area contributed by atoms with Crippen LogP contribution in [0.4, 0.5) is 28.8 Å². The molecule has 4 aromatic rings. The number of anilines is 5. The van der Waals surface area contributed by atoms with Crippen LogP contribution in [0.1, 0.15) is 30.5 Å². The van der Waals surface area contributed by atoms with E-state index in [1.807, 2.05) is 6.92 Å². The topological polar surface area (TPSA) is 115 Å². The number of oxazole rings is 1. The van der Waals surface area contributed by atoms with Crippen molar-refractivity contribution in [2.24, 2.45) is 0 Å². The molecule has 2 N–H and O–H groups in total. The molecule has 0 atom stereocenters. The molecule has 4 rings (SSSR count). The summed E-state index contributed by atoms with van der Waals surface area (Å²) >= 11 is 0. The molecule has 0 saturated carbocycles. The molecule has 0 saturated heterocycles. The largest absolute Gasteiger partial charge is 0.453 e. The van der Waals surface area contributed by atoms with Gasteiger partial charge in [0.25, 0.3) is 0 Å². The number of aryl methyl sites for hydroxylation is 2. The van der Waals surface area contributed by atoms with E-state index in [1.54, 1.807) is 24.4 Å². The number of nitrogens with one attached hydrogen (secondary N) is 2. The van der Waals surface area contributed by atoms with E-state index in [0.717, 1.165) is 29.1 Å². The first kappa shape index (κ1) is 23.8. The van der Waals surface area contributed by atoms with Crippen molar-refractivity contribution in [2.75, 3.05) is 28.6 Å². The van der Waals surface area contributed by atoms with E-state index in [1.165, 1.54) is 16.8 Å². The van der Waals surface area contributed by atoms with Gasteiger partial charge in [-0.3, -0.25) is 4.79 Å². The second kappa shape index (κ2) is 9.88. The van der Waals surface area contributed by atoms with Crippen LogP contribution in [0.25, 0.3) is 11.1 Å². The van der Waals surface area contributed by atoms with Crippen molar-refractivity contribution in [3.05, 3.63) is 63.8 Å². The van der Waals surface area contributed by atoms with E-state index >= 15 is 0 Å². The van der Waals surface area contributed by atoms with E-state index in [-0.39, 0.29) is 6.47 Å². The Hall–Kier alpha value is -4.34. The van der Waals surface area contributed by atoms with Crippen molar-refractivity contribution >= 4 is 46.4 Å². The fourth-order valence-corrected chi connectivity index (χ4v) is 3.92. The number of fused-ring (bicyclic) bond motifs is 1. The highest BCUT2D eigenvalue weighted by molar-refractivity contribution is 5.79. The Morgan fingerprint density at radius 2 is 1.83 bits per heavy atom. The van der Waals surface area contributed by atoms with E-state index in [0.29, 0.717) is 28.6 Å². The van der Waals surface area contributed by atoms with Crippen molar-refractivity contribution in [3.8, 4) is 0 Å². The highest BCUT2D eigenvalue weighted by Crippen LogP contribution is 2.29. The van der Waals surface area contributed by atoms with Gasteiger partial charge in [0.2, 0.25) is 5.95 Å². The molecule has 2 aromatic carbocycles. The molecular weight excluding hydrogens is 448 g/mol. The molecule has 10 nitrogen and oxygen atoms in total. The fraction of sp³-hybridized carbons (Fsp3) is 0.280. The van der Waals surface area contributed by atoms with Crippen molar-refractivity contribution < 1.29 is 14.0 Å². The van der Waals surface area contributed by atoms with Gasteiger partial charge in [-0.05, 0) is 76.1 Å². The van der Waals surface area contributed by atoms with Crippen LogP contribution in [0.15, 0.2) is 45.7 Å². The second-order valence-electron chi connectivity index (χ2n) is 8.13. The molecule has 0 bridgehead atoms. The molecule has 0 radical (unpaired) electrons. The number of aromatic nitrogens is 3. The van der Waals surface area contributed by atoms with Crippen molar-refractivity contribution in [2.45, 2.75) is 34.6 Å². The average molecular weight is 477 g/mol. The Morgan fingerprint density at radius 3 is 2.54 bits per heavy atom. The van der Waals surface area contributed by atoms with Crippen LogP contribution < -0.4 is 26.1 Å². The molecule has 35 heavy (non-hydrogen) atoms. The lowest BCUT2D eigenvalue weighted by Crippen LogP contribution is -2.23. The van der Waals surface area contributed by atoms with Gasteiger partial charge in [0, 0.05) is 41.9 Å². The summed E-state index contributed by atoms with van der Waals surface area (Å²) in [6.45, 7) is 12.4. The van der Waals surface area contributed by atoms with Gasteiger partial charge in [-0.25, -0.2) is 9.78 Å². The number of hydrogen-bond donors (Lipinski definition) is 2. The van der Waals surface area contributed by atoms with Gasteiger partial charge in [0.05, 0.1) is 0 Å². The van der Waals surface area contributed by atoms with Crippen LogP contribution in [0.3, 0.4) is 0 Å². The predicted molar refractivity (Wildman–Crippen MR) is 136 cm³/mol. The van der Waals surface area contributed by atoms with Gasteiger partial charge in [-0.15, -0.1) is 0 Å². The minimum atomic E-state index is -0.786. The van der Waals surface area contributed by atoms with Gasteiger partial charge in [-0.2, -0.15) is 4.98 Å². The maximum Gasteiger partial charge on any atom is 0.453 e. The van der Waals surface area contributed by atoms with Crippen LogP contribution >= 0.6 is 0 Å². The molecule has 0 aliphatic rings. The smallest absolute Gasteiger partial charge is 0.405 e. The zero-order valence-corrected chi connectivity index (χ0v) is 20.4. The van der Waals surface area contributed by atoms with Crippen molar-refractivity contribution in [1.29, 1.82) is 0 Å². The van der Waals surface area contributed by atoms with E-state index in [2.05, 4.69) is 65.3 Å². The van der Waals surface area contributed by atoms with Crippen LogP contribution in [-0.2, 0) is 4.79 Å². The third-order valence-electron chi connectivity index (χ3n) is 5.92. The lowest BCUT2D eigenvalue weighted by molar-refractivity contribution is -0.129. The number of carbonyl (C=O) groups excluding carboxylic acids is 1. The summed E-state index contributed by atoms with van der Waals surface area (Å²) < 4.78 is 5.88. The number of nitrogens with zero attached hydrogens (tertiary/aromatic N) is 4. The van der Waals surface area contributed by atoms with Crippen LogP contribution in [0.2, 0.25) is 0 Å². The number of hydrogen-bond acceptors (Lipinski definition) is 9. The summed E-state index contributed by atoms with van der Waals surface area (Å²) in [5.74, 6) is 0.243. The zero-order valence-electron chi connectivity index (χ0n) is 20.4. The zero-order chi connectivity index (χ0) is 25.1. The molecule has 0 aliphatic heterocycles. The van der Waals surface area contributed by atoms with Crippen molar-refractivity contribution in [3.63, 3.8) is 0 Å². The highest BCUT2D eigenvalue weighted by Gasteiger charge is 2.14. The third-order valence-corrected chi connectivity index (χ3v) is 5.92. The number of rotatable bonds is 9. The average Bonchev–Trinajstić information content (AvgIpc) is 3.14. The molecule has 2 heterocycles. The molecule has 2 aromatic heterocycles. The molecule has 10 heteroatoms. The minimum Gasteiger partial charge on any atom is -0.405 e. The summed E-state index contributed by atoms with van der Waals surface area (Å²) in [5.41, 5.74) is 6.58. The number of carbonyl (C=O) groups is 1. The Bertz CT molecular complexity index is 1440. The predicted octanol–water partition coefficient (Wildman–Crippen LogP) is 4.23. The molecule has 0 aliphatic carbocycles. The molecular formula is C25H28N6O4. The first-order valence-electron chi connectivity index (χ1n) is 11.3. The highest BCUT2D eigenvalue weighted by atomic mass is 16.7. The van der Waals surface area contributed by atoms with Gasteiger partial charge in [0.15, 0.2) is 5.58 Å². The molecule has 0 spiro atoms. The maximum absolute atomic E-state index is 11.9. The first-order valence-corrected chi connectivity index (χ1v) is 11.3. The molecule has 182 valence electrons. The quantitative estimate of drug-likeness (QED) is 0.343. The summed E-state index contributed by atoms with van der Waals surface area (Å²) in [5, 5.41) is 6.56. The Labute approximate surface area is 202 Å². The van der Waals surface area contributed by atoms with Gasteiger partial charge in [0.1, 0.15) is 11.3 Å².